The number of nitriles is 1. The number of hydrogen-bond acceptors (Lipinski definition) is 8. The molecule has 1 aliphatic heterocycles. The minimum absolute atomic E-state index is 0.137. The van der Waals surface area contributed by atoms with Crippen molar-refractivity contribution in [1.82, 2.24) is 19.1 Å². The van der Waals surface area contributed by atoms with E-state index in [9.17, 15) is 23.3 Å². The van der Waals surface area contributed by atoms with E-state index < -0.39 is 27.8 Å². The first kappa shape index (κ1) is 18.1. The van der Waals surface area contributed by atoms with Crippen LogP contribution < -0.4 is 11.1 Å². The lowest BCUT2D eigenvalue weighted by molar-refractivity contribution is -0.0844. The van der Waals surface area contributed by atoms with Gasteiger partial charge in [-0.3, -0.25) is 9.59 Å². The van der Waals surface area contributed by atoms with E-state index in [1.807, 2.05) is 0 Å². The van der Waals surface area contributed by atoms with Crippen LogP contribution >= 0.6 is 0 Å². The number of nitrogens with one attached hydrogen (secondary N) is 1. The fraction of sp³-hybridized carbons (Fsp3) is 0.250. The van der Waals surface area contributed by atoms with Crippen molar-refractivity contribution < 1.29 is 16.8 Å². The Bertz CT molecular complexity index is 1300. The summed E-state index contributed by atoms with van der Waals surface area (Å²) in [4.78, 5) is 30.8. The van der Waals surface area contributed by atoms with Gasteiger partial charge in [0.1, 0.15) is 6.07 Å². The second-order valence-electron chi connectivity index (χ2n) is 6.05. The maximum Gasteiger partial charge on any atom is 0.404 e. The first-order valence-corrected chi connectivity index (χ1v) is 9.52. The van der Waals surface area contributed by atoms with Crippen LogP contribution in [-0.4, -0.2) is 33.8 Å². The predicted octanol–water partition coefficient (Wildman–Crippen LogP) is 0.145. The zero-order valence-electron chi connectivity index (χ0n) is 14.2. The van der Waals surface area contributed by atoms with Crippen LogP contribution in [0, 0.1) is 11.3 Å². The molecule has 3 aromatic rings. The number of rotatable bonds is 5. The third kappa shape index (κ3) is 3.22. The fourth-order valence-electron chi connectivity index (χ4n) is 3.02. The van der Waals surface area contributed by atoms with E-state index in [-0.39, 0.29) is 13.0 Å². The molecule has 4 rings (SSSR count). The predicted molar refractivity (Wildman–Crippen MR) is 94.8 cm³/mol. The topological polar surface area (TPSA) is 149 Å². The Morgan fingerprint density at radius 3 is 2.71 bits per heavy atom. The summed E-state index contributed by atoms with van der Waals surface area (Å²) in [5.74, 6) is 0. The maximum absolute atomic E-state index is 12.4. The van der Waals surface area contributed by atoms with Crippen LogP contribution in [0.4, 0.5) is 0 Å². The van der Waals surface area contributed by atoms with Crippen molar-refractivity contribution in [2.75, 3.05) is 0 Å². The summed E-state index contributed by atoms with van der Waals surface area (Å²) in [5.41, 5.74) is -0.00118. The molecule has 0 unspecified atom stereocenters. The van der Waals surface area contributed by atoms with Crippen LogP contribution in [0.3, 0.4) is 0 Å². The van der Waals surface area contributed by atoms with Crippen molar-refractivity contribution in [3.8, 4) is 11.8 Å². The third-order valence-electron chi connectivity index (χ3n) is 4.27. The van der Waals surface area contributed by atoms with Crippen LogP contribution in [-0.2, 0) is 25.3 Å². The average Bonchev–Trinajstić information content (AvgIpc) is 3.16. The Morgan fingerprint density at radius 1 is 1.29 bits per heavy atom. The van der Waals surface area contributed by atoms with Gasteiger partial charge in [0.15, 0.2) is 6.29 Å². The van der Waals surface area contributed by atoms with Crippen molar-refractivity contribution in [2.24, 2.45) is 0 Å². The molecule has 28 heavy (non-hydrogen) atoms. The van der Waals surface area contributed by atoms with Crippen LogP contribution in [0.2, 0.25) is 0 Å². The van der Waals surface area contributed by atoms with Crippen molar-refractivity contribution in [3.05, 3.63) is 57.1 Å². The van der Waals surface area contributed by atoms with E-state index >= 15 is 0 Å². The van der Waals surface area contributed by atoms with Crippen LogP contribution in [0.1, 0.15) is 18.4 Å². The highest BCUT2D eigenvalue weighted by Crippen LogP contribution is 2.23. The van der Waals surface area contributed by atoms with Gasteiger partial charge in [-0.15, -0.1) is 0 Å². The Balaban J connectivity index is 1.73. The SMILES string of the molecule is N#Cc1cc2[nH]c(=O)c(=O)n(CCCC3OS(=O)(=O)O3)c2cc1-n1ccnc1. The zero-order chi connectivity index (χ0) is 19.9. The Morgan fingerprint density at radius 2 is 2.07 bits per heavy atom. The molecule has 0 radical (unpaired) electrons. The maximum atomic E-state index is 12.4. The molecule has 11 nitrogen and oxygen atoms in total. The average molecular weight is 403 g/mol. The van der Waals surface area contributed by atoms with Crippen molar-refractivity contribution in [2.45, 2.75) is 25.7 Å². The monoisotopic (exact) mass is 403 g/mol. The van der Waals surface area contributed by atoms with Gasteiger partial charge in [-0.05, 0) is 18.6 Å². The van der Waals surface area contributed by atoms with Gasteiger partial charge in [0.2, 0.25) is 0 Å². The molecule has 3 heterocycles. The largest absolute Gasteiger partial charge is 0.404 e. The third-order valence-corrected chi connectivity index (χ3v) is 5.17. The first-order valence-electron chi connectivity index (χ1n) is 8.19. The molecule has 1 saturated heterocycles. The van der Waals surface area contributed by atoms with Gasteiger partial charge in [-0.2, -0.15) is 13.7 Å². The summed E-state index contributed by atoms with van der Waals surface area (Å²) in [5, 5.41) is 9.43. The lowest BCUT2D eigenvalue weighted by atomic mass is 10.1. The molecule has 1 aromatic carbocycles. The summed E-state index contributed by atoms with van der Waals surface area (Å²) < 4.78 is 33.7. The quantitative estimate of drug-likeness (QED) is 0.592. The van der Waals surface area contributed by atoms with E-state index in [1.165, 1.54) is 17.0 Å². The molecule has 1 fully saturated rings. The van der Waals surface area contributed by atoms with Gasteiger partial charge >= 0.3 is 21.5 Å². The van der Waals surface area contributed by atoms with Crippen LogP contribution in [0.15, 0.2) is 40.4 Å². The normalized spacial score (nSPS) is 16.0. The number of fused-ring (bicyclic) bond motifs is 1. The van der Waals surface area contributed by atoms with Gasteiger partial charge in [-0.1, -0.05) is 0 Å². The van der Waals surface area contributed by atoms with Gasteiger partial charge < -0.3 is 14.1 Å². The molecule has 144 valence electrons. The van der Waals surface area contributed by atoms with E-state index in [0.29, 0.717) is 28.7 Å². The standard InChI is InChI=1S/C16H13N5O6S/c17-8-10-6-11-13(7-12(10)20-5-3-18-9-20)21(16(23)15(22)19-11)4-1-2-14-26-28(24,25)27-14/h3,5-7,9,14H,1-2,4H2,(H,19,22). The fourth-order valence-corrected chi connectivity index (χ4v) is 3.75. The molecular weight excluding hydrogens is 390 g/mol. The lowest BCUT2D eigenvalue weighted by Crippen LogP contribution is -2.38. The molecule has 2 aromatic heterocycles. The summed E-state index contributed by atoms with van der Waals surface area (Å²) >= 11 is 0. The highest BCUT2D eigenvalue weighted by molar-refractivity contribution is 7.82. The number of imidazole rings is 1. The van der Waals surface area contributed by atoms with Crippen LogP contribution in [0.5, 0.6) is 0 Å². The number of H-pyrrole nitrogens is 1. The van der Waals surface area contributed by atoms with Crippen molar-refractivity contribution in [1.29, 1.82) is 5.26 Å². The summed E-state index contributed by atoms with van der Waals surface area (Å²) in [6.07, 6.45) is 4.39. The molecule has 0 amide bonds. The van der Waals surface area contributed by atoms with E-state index in [0.717, 1.165) is 0 Å². The number of aromatic nitrogens is 4. The number of hydrogen-bond donors (Lipinski definition) is 1. The number of aryl methyl sites for hydroxylation is 1. The molecule has 1 aliphatic rings. The van der Waals surface area contributed by atoms with Gasteiger partial charge in [0, 0.05) is 25.4 Å². The van der Waals surface area contributed by atoms with Crippen molar-refractivity contribution in [3.63, 3.8) is 0 Å². The first-order chi connectivity index (χ1) is 13.4. The summed E-state index contributed by atoms with van der Waals surface area (Å²) in [6, 6.07) is 5.17. The smallest absolute Gasteiger partial charge is 0.316 e. The Kier molecular flexibility index (Phi) is 4.34. The van der Waals surface area contributed by atoms with Gasteiger partial charge in [0.05, 0.1) is 28.6 Å². The number of benzene rings is 1. The van der Waals surface area contributed by atoms with Gasteiger partial charge in [0.25, 0.3) is 0 Å². The summed E-state index contributed by atoms with van der Waals surface area (Å²) in [6.45, 7) is 0.137. The summed E-state index contributed by atoms with van der Waals surface area (Å²) in [7, 11) is -3.88. The minimum Gasteiger partial charge on any atom is -0.316 e. The van der Waals surface area contributed by atoms with Gasteiger partial charge in [-0.25, -0.2) is 13.4 Å². The highest BCUT2D eigenvalue weighted by atomic mass is 32.3. The number of aromatic amines is 1. The molecule has 12 heteroatoms. The molecule has 0 aliphatic carbocycles. The van der Waals surface area contributed by atoms with Crippen molar-refractivity contribution >= 4 is 21.4 Å². The molecular formula is C16H13N5O6S. The van der Waals surface area contributed by atoms with Crippen LogP contribution in [0.25, 0.3) is 16.7 Å². The minimum atomic E-state index is -3.88. The number of nitrogens with zero attached hydrogens (tertiary/aromatic N) is 4. The Hall–Kier alpha value is -3.27. The van der Waals surface area contributed by atoms with E-state index in [4.69, 9.17) is 0 Å². The molecule has 1 N–H and O–H groups in total. The molecule has 0 saturated carbocycles. The highest BCUT2D eigenvalue weighted by Gasteiger charge is 2.35. The molecule has 0 spiro atoms. The Labute approximate surface area is 157 Å². The zero-order valence-corrected chi connectivity index (χ0v) is 15.0. The molecule has 0 atom stereocenters. The molecule has 0 bridgehead atoms. The second kappa shape index (κ2) is 6.71. The second-order valence-corrected chi connectivity index (χ2v) is 7.25. The van der Waals surface area contributed by atoms with E-state index in [1.54, 1.807) is 23.0 Å². The van der Waals surface area contributed by atoms with E-state index in [2.05, 4.69) is 24.4 Å². The lowest BCUT2D eigenvalue weighted by Gasteiger charge is -2.24.